The van der Waals surface area contributed by atoms with E-state index >= 15 is 0 Å². The molecule has 0 atom stereocenters. The molecule has 0 amide bonds. The minimum absolute atomic E-state index is 0.497. The zero-order valence-electron chi connectivity index (χ0n) is 10.2. The van der Waals surface area contributed by atoms with Gasteiger partial charge in [-0.15, -0.1) is 0 Å². The molecule has 18 heavy (non-hydrogen) atoms. The number of hydrogen-bond acceptors (Lipinski definition) is 3. The minimum atomic E-state index is -0.497. The van der Waals surface area contributed by atoms with Crippen LogP contribution in [0.25, 0.3) is 11.4 Å². The SMILES string of the molecule is O=c1[nH]c(-c2ccccc2C2CCCCC2)no1. The van der Waals surface area contributed by atoms with Crippen molar-refractivity contribution in [2.75, 3.05) is 0 Å². The van der Waals surface area contributed by atoms with Gasteiger partial charge in [0, 0.05) is 5.56 Å². The van der Waals surface area contributed by atoms with Gasteiger partial charge in [-0.3, -0.25) is 9.51 Å². The molecule has 0 radical (unpaired) electrons. The molecule has 1 heterocycles. The molecular weight excluding hydrogens is 228 g/mol. The van der Waals surface area contributed by atoms with Crippen molar-refractivity contribution in [1.29, 1.82) is 0 Å². The average Bonchev–Trinajstić information content (AvgIpc) is 2.86. The third-order valence-electron chi connectivity index (χ3n) is 3.70. The Bertz CT molecular complexity index is 579. The lowest BCUT2D eigenvalue weighted by molar-refractivity contribution is 0.387. The normalized spacial score (nSPS) is 16.9. The molecule has 1 aliphatic carbocycles. The van der Waals surface area contributed by atoms with Crippen molar-refractivity contribution in [1.82, 2.24) is 10.1 Å². The molecule has 1 aliphatic rings. The van der Waals surface area contributed by atoms with E-state index in [4.69, 9.17) is 0 Å². The lowest BCUT2D eigenvalue weighted by Crippen LogP contribution is -2.06. The van der Waals surface area contributed by atoms with E-state index in [1.807, 2.05) is 18.2 Å². The van der Waals surface area contributed by atoms with Crippen molar-refractivity contribution in [2.24, 2.45) is 0 Å². The van der Waals surface area contributed by atoms with Gasteiger partial charge in [0.2, 0.25) is 0 Å². The van der Waals surface area contributed by atoms with Gasteiger partial charge in [0.15, 0.2) is 5.82 Å². The highest BCUT2D eigenvalue weighted by atomic mass is 16.5. The summed E-state index contributed by atoms with van der Waals surface area (Å²) in [4.78, 5) is 13.7. The monoisotopic (exact) mass is 244 g/mol. The van der Waals surface area contributed by atoms with Crippen molar-refractivity contribution in [3.8, 4) is 11.4 Å². The van der Waals surface area contributed by atoms with Gasteiger partial charge in [0.1, 0.15) is 0 Å². The van der Waals surface area contributed by atoms with Crippen molar-refractivity contribution in [3.63, 3.8) is 0 Å². The Balaban J connectivity index is 2.01. The maximum absolute atomic E-state index is 11.1. The lowest BCUT2D eigenvalue weighted by Gasteiger charge is -2.23. The number of H-pyrrole nitrogens is 1. The fourth-order valence-electron chi connectivity index (χ4n) is 2.83. The van der Waals surface area contributed by atoms with Crippen LogP contribution in [0.1, 0.15) is 43.6 Å². The Kier molecular flexibility index (Phi) is 3.00. The third-order valence-corrected chi connectivity index (χ3v) is 3.70. The smallest absolute Gasteiger partial charge is 0.296 e. The first-order valence-corrected chi connectivity index (χ1v) is 6.50. The fourth-order valence-corrected chi connectivity index (χ4v) is 2.83. The number of benzene rings is 1. The van der Waals surface area contributed by atoms with E-state index in [0.29, 0.717) is 11.7 Å². The molecule has 1 saturated carbocycles. The molecule has 0 aliphatic heterocycles. The molecule has 1 aromatic heterocycles. The molecule has 0 unspecified atom stereocenters. The summed E-state index contributed by atoms with van der Waals surface area (Å²) in [6, 6.07) is 8.15. The van der Waals surface area contributed by atoms with Gasteiger partial charge < -0.3 is 0 Å². The molecule has 94 valence electrons. The molecule has 2 aromatic rings. The summed E-state index contributed by atoms with van der Waals surface area (Å²) < 4.78 is 4.60. The van der Waals surface area contributed by atoms with Gasteiger partial charge in [-0.05, 0) is 24.3 Å². The van der Waals surface area contributed by atoms with Gasteiger partial charge in [0.05, 0.1) is 0 Å². The average molecular weight is 244 g/mol. The Morgan fingerprint density at radius 2 is 1.94 bits per heavy atom. The second kappa shape index (κ2) is 4.80. The van der Waals surface area contributed by atoms with Crippen LogP contribution in [0.5, 0.6) is 0 Å². The van der Waals surface area contributed by atoms with Crippen LogP contribution in [0.3, 0.4) is 0 Å². The van der Waals surface area contributed by atoms with Crippen LogP contribution in [0.2, 0.25) is 0 Å². The number of nitrogens with one attached hydrogen (secondary N) is 1. The number of hydrogen-bond donors (Lipinski definition) is 1. The van der Waals surface area contributed by atoms with E-state index in [9.17, 15) is 4.79 Å². The topological polar surface area (TPSA) is 58.9 Å². The summed E-state index contributed by atoms with van der Waals surface area (Å²) >= 11 is 0. The van der Waals surface area contributed by atoms with Gasteiger partial charge in [-0.25, -0.2) is 4.79 Å². The van der Waals surface area contributed by atoms with E-state index in [1.165, 1.54) is 37.7 Å². The maximum Gasteiger partial charge on any atom is 0.439 e. The summed E-state index contributed by atoms with van der Waals surface area (Å²) in [6.07, 6.45) is 6.35. The van der Waals surface area contributed by atoms with Gasteiger partial charge in [0.25, 0.3) is 0 Å². The first kappa shape index (κ1) is 11.3. The molecule has 1 aromatic carbocycles. The van der Waals surface area contributed by atoms with E-state index in [2.05, 4.69) is 20.7 Å². The molecule has 1 N–H and O–H groups in total. The summed E-state index contributed by atoms with van der Waals surface area (Å²) in [5, 5.41) is 3.80. The van der Waals surface area contributed by atoms with Gasteiger partial charge in [-0.2, -0.15) is 0 Å². The third kappa shape index (κ3) is 2.10. The Morgan fingerprint density at radius 1 is 1.17 bits per heavy atom. The van der Waals surface area contributed by atoms with E-state index in [0.717, 1.165) is 5.56 Å². The van der Waals surface area contributed by atoms with Crippen LogP contribution in [-0.4, -0.2) is 10.1 Å². The van der Waals surface area contributed by atoms with Crippen LogP contribution >= 0.6 is 0 Å². The highest BCUT2D eigenvalue weighted by Crippen LogP contribution is 2.36. The fraction of sp³-hybridized carbons (Fsp3) is 0.429. The van der Waals surface area contributed by atoms with Crippen LogP contribution in [0, 0.1) is 0 Å². The molecule has 0 saturated heterocycles. The summed E-state index contributed by atoms with van der Waals surface area (Å²) in [7, 11) is 0. The van der Waals surface area contributed by atoms with Crippen LogP contribution in [0.4, 0.5) is 0 Å². The molecule has 0 bridgehead atoms. The maximum atomic E-state index is 11.1. The summed E-state index contributed by atoms with van der Waals surface area (Å²) in [6.45, 7) is 0. The zero-order chi connectivity index (χ0) is 12.4. The number of aromatic nitrogens is 2. The molecular formula is C14H16N2O2. The Hall–Kier alpha value is -1.84. The highest BCUT2D eigenvalue weighted by Gasteiger charge is 2.20. The predicted molar refractivity (Wildman–Crippen MR) is 68.4 cm³/mol. The predicted octanol–water partition coefficient (Wildman–Crippen LogP) is 3.08. The van der Waals surface area contributed by atoms with E-state index < -0.39 is 5.76 Å². The zero-order valence-corrected chi connectivity index (χ0v) is 10.2. The summed E-state index contributed by atoms with van der Waals surface area (Å²) in [5.41, 5.74) is 2.28. The standard InChI is InChI=1S/C14H16N2O2/c17-14-15-13(16-18-14)12-9-5-4-8-11(12)10-6-2-1-3-7-10/h4-5,8-10H,1-3,6-7H2,(H,15,16,17). The highest BCUT2D eigenvalue weighted by molar-refractivity contribution is 5.60. The quantitative estimate of drug-likeness (QED) is 0.883. The van der Waals surface area contributed by atoms with E-state index in [-0.39, 0.29) is 0 Å². The molecule has 3 rings (SSSR count). The number of rotatable bonds is 2. The van der Waals surface area contributed by atoms with Gasteiger partial charge >= 0.3 is 5.76 Å². The van der Waals surface area contributed by atoms with Crippen molar-refractivity contribution < 1.29 is 4.52 Å². The van der Waals surface area contributed by atoms with Gasteiger partial charge in [-0.1, -0.05) is 48.7 Å². The van der Waals surface area contributed by atoms with Crippen LogP contribution in [-0.2, 0) is 0 Å². The molecule has 1 fully saturated rings. The first-order chi connectivity index (χ1) is 8.84. The molecule has 0 spiro atoms. The Morgan fingerprint density at radius 3 is 2.67 bits per heavy atom. The van der Waals surface area contributed by atoms with Crippen molar-refractivity contribution in [2.45, 2.75) is 38.0 Å². The summed E-state index contributed by atoms with van der Waals surface area (Å²) in [5.74, 6) is 0.625. The minimum Gasteiger partial charge on any atom is -0.296 e. The number of nitrogens with zero attached hydrogens (tertiary/aromatic N) is 1. The van der Waals surface area contributed by atoms with Crippen molar-refractivity contribution >= 4 is 0 Å². The van der Waals surface area contributed by atoms with E-state index in [1.54, 1.807) is 0 Å². The molecule has 4 heteroatoms. The van der Waals surface area contributed by atoms with Crippen LogP contribution < -0.4 is 5.76 Å². The lowest BCUT2D eigenvalue weighted by atomic mass is 9.82. The second-order valence-corrected chi connectivity index (χ2v) is 4.87. The van der Waals surface area contributed by atoms with Crippen LogP contribution in [0.15, 0.2) is 33.6 Å². The van der Waals surface area contributed by atoms with Crippen molar-refractivity contribution in [3.05, 3.63) is 40.4 Å². The first-order valence-electron chi connectivity index (χ1n) is 6.50. The second-order valence-electron chi connectivity index (χ2n) is 4.87. The Labute approximate surface area is 105 Å². The number of aromatic amines is 1. The molecule has 4 nitrogen and oxygen atoms in total. The largest absolute Gasteiger partial charge is 0.439 e.